The van der Waals surface area contributed by atoms with Crippen molar-refractivity contribution in [1.82, 2.24) is 4.90 Å². The number of sulfone groups is 1. The molecule has 0 heterocycles. The van der Waals surface area contributed by atoms with Crippen LogP contribution in [0, 0.1) is 0 Å². The third-order valence-corrected chi connectivity index (χ3v) is 6.21. The first kappa shape index (κ1) is 17.8. The fourth-order valence-corrected chi connectivity index (χ4v) is 3.45. The van der Waals surface area contributed by atoms with Crippen molar-refractivity contribution >= 4 is 15.7 Å². The summed E-state index contributed by atoms with van der Waals surface area (Å²) in [5.41, 5.74) is 0.956. The molecule has 128 valence electrons. The average molecular weight is 339 g/mol. The van der Waals surface area contributed by atoms with Gasteiger partial charge in [-0.3, -0.25) is 4.79 Å². The number of carbonyl (C=O) groups is 1. The summed E-state index contributed by atoms with van der Waals surface area (Å²) in [7, 11) is -3.37. The first-order chi connectivity index (χ1) is 10.9. The lowest BCUT2D eigenvalue weighted by Gasteiger charge is -2.26. The predicted octanol–water partition coefficient (Wildman–Crippen LogP) is 2.40. The quantitative estimate of drug-likeness (QED) is 0.729. The van der Waals surface area contributed by atoms with E-state index in [2.05, 4.69) is 0 Å². The fraction of sp³-hybridized carbons (Fsp3) is 0.588. The third-order valence-electron chi connectivity index (χ3n) is 4.12. The van der Waals surface area contributed by atoms with E-state index >= 15 is 0 Å². The van der Waals surface area contributed by atoms with Gasteiger partial charge in [0.2, 0.25) is 5.91 Å². The molecule has 2 rings (SSSR count). The van der Waals surface area contributed by atoms with Crippen LogP contribution in [0.2, 0.25) is 0 Å². The van der Waals surface area contributed by atoms with E-state index in [9.17, 15) is 13.2 Å². The van der Waals surface area contributed by atoms with Crippen molar-refractivity contribution in [3.8, 4) is 5.75 Å². The molecule has 0 saturated heterocycles. The first-order valence-electron chi connectivity index (χ1n) is 8.12. The Labute approximate surface area is 138 Å². The van der Waals surface area contributed by atoms with Gasteiger partial charge >= 0.3 is 0 Å². The Hall–Kier alpha value is -1.56. The minimum absolute atomic E-state index is 0.0156. The van der Waals surface area contributed by atoms with Crippen LogP contribution in [-0.4, -0.2) is 42.9 Å². The Kier molecular flexibility index (Phi) is 5.68. The van der Waals surface area contributed by atoms with Crippen molar-refractivity contribution in [3.05, 3.63) is 29.8 Å². The molecule has 1 unspecified atom stereocenters. The Balaban J connectivity index is 2.16. The Bertz CT molecular complexity index is 652. The van der Waals surface area contributed by atoms with Crippen LogP contribution in [0.25, 0.3) is 0 Å². The number of amides is 1. The maximum absolute atomic E-state index is 12.7. The maximum Gasteiger partial charge on any atom is 0.241 e. The summed E-state index contributed by atoms with van der Waals surface area (Å²) in [6, 6.07) is 7.77. The standard InChI is InChI=1S/C17H25NO4S/c1-4-22-16-8-6-7-14(11-16)12-18(15-9-10-15)17(19)13(3)23(20,21)5-2/h6-8,11,13,15H,4-5,9-10,12H2,1-3H3. The van der Waals surface area contributed by atoms with E-state index in [0.29, 0.717) is 13.2 Å². The van der Waals surface area contributed by atoms with E-state index in [1.807, 2.05) is 31.2 Å². The van der Waals surface area contributed by atoms with Crippen LogP contribution in [-0.2, 0) is 21.2 Å². The number of benzene rings is 1. The lowest BCUT2D eigenvalue weighted by atomic mass is 10.2. The highest BCUT2D eigenvalue weighted by atomic mass is 32.2. The number of ether oxygens (including phenoxy) is 1. The summed E-state index contributed by atoms with van der Waals surface area (Å²) in [4.78, 5) is 14.4. The molecule has 1 aromatic carbocycles. The van der Waals surface area contributed by atoms with Crippen molar-refractivity contribution in [2.24, 2.45) is 0 Å². The second-order valence-electron chi connectivity index (χ2n) is 5.87. The van der Waals surface area contributed by atoms with Crippen molar-refractivity contribution < 1.29 is 17.9 Å². The molecule has 1 saturated carbocycles. The number of nitrogens with zero attached hydrogens (tertiary/aromatic N) is 1. The Morgan fingerprint density at radius 2 is 2.04 bits per heavy atom. The van der Waals surface area contributed by atoms with Crippen LogP contribution in [0.4, 0.5) is 0 Å². The predicted molar refractivity (Wildman–Crippen MR) is 90.1 cm³/mol. The Morgan fingerprint density at radius 1 is 1.35 bits per heavy atom. The smallest absolute Gasteiger partial charge is 0.241 e. The molecule has 0 aliphatic heterocycles. The molecular formula is C17H25NO4S. The zero-order valence-corrected chi connectivity index (χ0v) is 14.8. The van der Waals surface area contributed by atoms with Crippen molar-refractivity contribution in [1.29, 1.82) is 0 Å². The molecule has 0 aromatic heterocycles. The molecule has 1 aliphatic rings. The van der Waals surface area contributed by atoms with E-state index in [-0.39, 0.29) is 17.7 Å². The molecule has 0 N–H and O–H groups in total. The molecule has 23 heavy (non-hydrogen) atoms. The normalized spacial score (nSPS) is 16.0. The van der Waals surface area contributed by atoms with E-state index in [4.69, 9.17) is 4.74 Å². The monoisotopic (exact) mass is 339 g/mol. The van der Waals surface area contributed by atoms with Crippen LogP contribution in [0.5, 0.6) is 5.75 Å². The zero-order chi connectivity index (χ0) is 17.0. The fourth-order valence-electron chi connectivity index (χ4n) is 2.51. The second kappa shape index (κ2) is 7.34. The molecule has 0 bridgehead atoms. The van der Waals surface area contributed by atoms with Gasteiger partial charge in [-0.1, -0.05) is 19.1 Å². The summed E-state index contributed by atoms with van der Waals surface area (Å²) >= 11 is 0. The number of hydrogen-bond donors (Lipinski definition) is 0. The van der Waals surface area contributed by atoms with E-state index in [1.165, 1.54) is 6.92 Å². The van der Waals surface area contributed by atoms with Gasteiger partial charge < -0.3 is 9.64 Å². The molecule has 1 atom stereocenters. The number of carbonyl (C=O) groups excluding carboxylic acids is 1. The highest BCUT2D eigenvalue weighted by Gasteiger charge is 2.38. The van der Waals surface area contributed by atoms with Gasteiger partial charge in [0, 0.05) is 18.3 Å². The van der Waals surface area contributed by atoms with Crippen LogP contribution in [0.1, 0.15) is 39.2 Å². The molecule has 6 heteroatoms. The number of hydrogen-bond acceptors (Lipinski definition) is 4. The molecule has 1 amide bonds. The van der Waals surface area contributed by atoms with E-state index in [1.54, 1.807) is 11.8 Å². The molecule has 1 aliphatic carbocycles. The average Bonchev–Trinajstić information content (AvgIpc) is 3.36. The van der Waals surface area contributed by atoms with Crippen LogP contribution in [0.3, 0.4) is 0 Å². The number of rotatable bonds is 8. The topological polar surface area (TPSA) is 63.7 Å². The van der Waals surface area contributed by atoms with Gasteiger partial charge in [0.1, 0.15) is 11.0 Å². The molecule has 0 radical (unpaired) electrons. The van der Waals surface area contributed by atoms with Crippen molar-refractivity contribution in [2.75, 3.05) is 12.4 Å². The molecule has 0 spiro atoms. The lowest BCUT2D eigenvalue weighted by Crippen LogP contribution is -2.42. The minimum atomic E-state index is -3.37. The van der Waals surface area contributed by atoms with Gasteiger partial charge in [0.15, 0.2) is 9.84 Å². The minimum Gasteiger partial charge on any atom is -0.494 e. The Morgan fingerprint density at radius 3 is 2.61 bits per heavy atom. The van der Waals surface area contributed by atoms with Crippen LogP contribution < -0.4 is 4.74 Å². The largest absolute Gasteiger partial charge is 0.494 e. The summed E-state index contributed by atoms with van der Waals surface area (Å²) in [6.07, 6.45) is 1.88. The summed E-state index contributed by atoms with van der Waals surface area (Å²) in [5, 5.41) is -0.983. The third kappa shape index (κ3) is 4.47. The van der Waals surface area contributed by atoms with Crippen molar-refractivity contribution in [2.45, 2.75) is 51.4 Å². The zero-order valence-electron chi connectivity index (χ0n) is 14.0. The van der Waals surface area contributed by atoms with Crippen LogP contribution in [0.15, 0.2) is 24.3 Å². The van der Waals surface area contributed by atoms with Gasteiger partial charge in [-0.2, -0.15) is 0 Å². The van der Waals surface area contributed by atoms with Gasteiger partial charge in [0.25, 0.3) is 0 Å². The molecular weight excluding hydrogens is 314 g/mol. The second-order valence-corrected chi connectivity index (χ2v) is 8.48. The molecule has 1 aromatic rings. The highest BCUT2D eigenvalue weighted by Crippen LogP contribution is 2.30. The van der Waals surface area contributed by atoms with E-state index in [0.717, 1.165) is 24.2 Å². The van der Waals surface area contributed by atoms with Gasteiger partial charge in [-0.05, 0) is 44.4 Å². The van der Waals surface area contributed by atoms with Gasteiger partial charge in [0.05, 0.1) is 6.61 Å². The summed E-state index contributed by atoms with van der Waals surface area (Å²) in [5.74, 6) is 0.455. The first-order valence-corrected chi connectivity index (χ1v) is 9.84. The van der Waals surface area contributed by atoms with Crippen molar-refractivity contribution in [3.63, 3.8) is 0 Å². The van der Waals surface area contributed by atoms with E-state index < -0.39 is 15.1 Å². The SMILES string of the molecule is CCOc1cccc(CN(C(=O)C(C)S(=O)(=O)CC)C2CC2)c1. The summed E-state index contributed by atoms with van der Waals surface area (Å²) in [6.45, 7) is 6.00. The molecule has 5 nitrogen and oxygen atoms in total. The van der Waals surface area contributed by atoms with Gasteiger partial charge in [-0.25, -0.2) is 8.42 Å². The maximum atomic E-state index is 12.7. The summed E-state index contributed by atoms with van der Waals surface area (Å²) < 4.78 is 29.5. The highest BCUT2D eigenvalue weighted by molar-refractivity contribution is 7.92. The van der Waals surface area contributed by atoms with Crippen LogP contribution >= 0.6 is 0 Å². The van der Waals surface area contributed by atoms with Gasteiger partial charge in [-0.15, -0.1) is 0 Å². The molecule has 1 fully saturated rings. The lowest BCUT2D eigenvalue weighted by molar-refractivity contribution is -0.131.